The molecule has 4 rings (SSSR count). The molecule has 0 saturated heterocycles. The average molecular weight is 675 g/mol. The van der Waals surface area contributed by atoms with Crippen molar-refractivity contribution in [1.29, 1.82) is 0 Å². The number of aliphatic hydroxyl groups excluding tert-OH is 2. The summed E-state index contributed by atoms with van der Waals surface area (Å²) in [7, 11) is 2.94. The van der Waals surface area contributed by atoms with E-state index in [0.717, 1.165) is 0 Å². The molecule has 0 heterocycles. The van der Waals surface area contributed by atoms with Crippen molar-refractivity contribution in [3.63, 3.8) is 0 Å². The molecule has 49 heavy (non-hydrogen) atoms. The topological polar surface area (TPSA) is 152 Å². The minimum Gasteiger partial charge on any atom is -0.491 e. The maximum Gasteiger partial charge on any atom is 0.260 e. The van der Waals surface area contributed by atoms with Crippen LogP contribution in [0.5, 0.6) is 11.5 Å². The third-order valence-electron chi connectivity index (χ3n) is 7.71. The highest BCUT2D eigenvalue weighted by atomic mass is 16.7. The third kappa shape index (κ3) is 10.8. The van der Waals surface area contributed by atoms with Gasteiger partial charge in [0.2, 0.25) is 5.78 Å². The molecule has 0 radical (unpaired) electrons. The van der Waals surface area contributed by atoms with Gasteiger partial charge in [0.15, 0.2) is 5.78 Å². The van der Waals surface area contributed by atoms with Gasteiger partial charge in [-0.3, -0.25) is 9.59 Å². The van der Waals surface area contributed by atoms with E-state index in [1.807, 2.05) is 48.5 Å². The van der Waals surface area contributed by atoms with Gasteiger partial charge in [-0.2, -0.15) is 0 Å². The summed E-state index contributed by atoms with van der Waals surface area (Å²) in [4.78, 5) is 25.6. The number of methoxy groups -OCH3 is 2. The maximum atomic E-state index is 12.9. The van der Waals surface area contributed by atoms with Crippen LogP contribution in [0.2, 0.25) is 0 Å². The van der Waals surface area contributed by atoms with E-state index in [-0.39, 0.29) is 45.1 Å². The van der Waals surface area contributed by atoms with Gasteiger partial charge in [-0.25, -0.2) is 0 Å². The van der Waals surface area contributed by atoms with Crippen LogP contribution in [0.4, 0.5) is 0 Å². The molecule has 0 fully saturated rings. The van der Waals surface area contributed by atoms with E-state index in [0.29, 0.717) is 33.8 Å². The molecule has 0 aromatic heterocycles. The predicted octanol–water partition coefficient (Wildman–Crippen LogP) is 4.30. The fraction of sp³-hybridized carbons (Fsp3) is 0.333. The van der Waals surface area contributed by atoms with E-state index in [1.165, 1.54) is 28.1 Å². The molecule has 4 aromatic rings. The summed E-state index contributed by atoms with van der Waals surface area (Å²) in [5, 5.41) is 39.2. The molecule has 0 aliphatic heterocycles. The second kappa shape index (κ2) is 18.4. The third-order valence-corrected chi connectivity index (χ3v) is 7.71. The first-order valence-electron chi connectivity index (χ1n) is 15.8. The highest BCUT2D eigenvalue weighted by Gasteiger charge is 2.43. The van der Waals surface area contributed by atoms with Crippen LogP contribution in [0, 0.1) is 0 Å². The van der Waals surface area contributed by atoms with Gasteiger partial charge < -0.3 is 39.4 Å². The first kappa shape index (κ1) is 39.0. The Kier molecular flexibility index (Phi) is 14.6. The number of rotatable bonds is 17. The van der Waals surface area contributed by atoms with Crippen LogP contribution in [0.1, 0.15) is 40.9 Å². The van der Waals surface area contributed by atoms with Gasteiger partial charge in [0, 0.05) is 38.2 Å². The first-order chi connectivity index (χ1) is 23.4. The zero-order chi connectivity index (χ0) is 35.9. The molecule has 0 amide bonds. The van der Waals surface area contributed by atoms with Gasteiger partial charge in [-0.1, -0.05) is 84.9 Å². The second-order valence-electron chi connectivity index (χ2n) is 11.7. The summed E-state index contributed by atoms with van der Waals surface area (Å²) < 4.78 is 21.4. The predicted molar refractivity (Wildman–Crippen MR) is 185 cm³/mol. The largest absolute Gasteiger partial charge is 0.491 e. The van der Waals surface area contributed by atoms with E-state index >= 15 is 0 Å². The summed E-state index contributed by atoms with van der Waals surface area (Å²) in [6.45, 7) is 2.99. The standard InChI is InChI=1S/C23H30O7.C16H16O3/c1-22(27,15-17-3-7-19(8-4-17)29-13-11-24)21(26)23(2,28)16-18-5-9-20(10-6-18)30-14-12-25;1-18-16(19-2,14-11-7-4-8-12-14)15(17)13-9-5-3-6-10-13/h3-10,24-25,27-28H,11-16H2,1-2H3;3-12H,1-2H3. The lowest BCUT2D eigenvalue weighted by atomic mass is 9.80. The quantitative estimate of drug-likeness (QED) is 0.0943. The van der Waals surface area contributed by atoms with Crippen LogP contribution < -0.4 is 9.47 Å². The van der Waals surface area contributed by atoms with Crippen LogP contribution in [-0.4, -0.2) is 83.8 Å². The van der Waals surface area contributed by atoms with Gasteiger partial charge in [0.1, 0.15) is 35.9 Å². The Bertz CT molecular complexity index is 1500. The molecule has 0 aliphatic carbocycles. The van der Waals surface area contributed by atoms with Crippen molar-refractivity contribution in [3.05, 3.63) is 131 Å². The lowest BCUT2D eigenvalue weighted by Gasteiger charge is -2.31. The lowest BCUT2D eigenvalue weighted by Crippen LogP contribution is -2.52. The number of hydrogen-bond acceptors (Lipinski definition) is 10. The van der Waals surface area contributed by atoms with Crippen molar-refractivity contribution >= 4 is 11.6 Å². The summed E-state index contributed by atoms with van der Waals surface area (Å²) in [6.07, 6.45) is 0.0758. The zero-order valence-electron chi connectivity index (χ0n) is 28.4. The molecule has 2 atom stereocenters. The number of Topliss-reactive ketones (excluding diaryl/α,β-unsaturated/α-hetero) is 2. The zero-order valence-corrected chi connectivity index (χ0v) is 28.4. The number of hydrogen-bond donors (Lipinski definition) is 4. The van der Waals surface area contributed by atoms with Gasteiger partial charge >= 0.3 is 0 Å². The van der Waals surface area contributed by atoms with Gasteiger partial charge in [0.25, 0.3) is 5.79 Å². The van der Waals surface area contributed by atoms with Gasteiger partial charge in [-0.15, -0.1) is 0 Å². The van der Waals surface area contributed by atoms with Crippen LogP contribution in [0.15, 0.2) is 109 Å². The lowest BCUT2D eigenvalue weighted by molar-refractivity contribution is -0.176. The Balaban J connectivity index is 0.000000293. The summed E-state index contributed by atoms with van der Waals surface area (Å²) in [5.74, 6) is -1.13. The van der Waals surface area contributed by atoms with Crippen molar-refractivity contribution in [2.75, 3.05) is 40.6 Å². The van der Waals surface area contributed by atoms with Crippen molar-refractivity contribution < 1.29 is 49.0 Å². The minimum absolute atomic E-state index is 0.0379. The van der Waals surface area contributed by atoms with E-state index in [2.05, 4.69) is 0 Å². The Morgan fingerprint density at radius 3 is 1.35 bits per heavy atom. The highest BCUT2D eigenvalue weighted by Crippen LogP contribution is 2.30. The number of carbonyl (C=O) groups excluding carboxylic acids is 2. The van der Waals surface area contributed by atoms with E-state index in [1.54, 1.807) is 60.7 Å². The SMILES string of the molecule is CC(O)(Cc1ccc(OCCO)cc1)C(=O)C(C)(O)Cc1ccc(OCCO)cc1.COC(OC)(C(=O)c1ccccc1)c1ccccc1. The normalized spacial score (nSPS) is 13.6. The monoisotopic (exact) mass is 674 g/mol. The van der Waals surface area contributed by atoms with Crippen molar-refractivity contribution in [1.82, 2.24) is 0 Å². The van der Waals surface area contributed by atoms with Crippen molar-refractivity contribution in [2.24, 2.45) is 0 Å². The van der Waals surface area contributed by atoms with E-state index in [9.17, 15) is 19.8 Å². The highest BCUT2D eigenvalue weighted by molar-refractivity contribution is 6.02. The molecule has 4 aromatic carbocycles. The van der Waals surface area contributed by atoms with Crippen molar-refractivity contribution in [3.8, 4) is 11.5 Å². The Morgan fingerprint density at radius 1 is 0.592 bits per heavy atom. The first-order valence-corrected chi connectivity index (χ1v) is 15.8. The molecule has 0 saturated carbocycles. The molecule has 10 nitrogen and oxygen atoms in total. The van der Waals surface area contributed by atoms with E-state index in [4.69, 9.17) is 29.2 Å². The van der Waals surface area contributed by atoms with Gasteiger partial charge in [-0.05, 0) is 49.2 Å². The number of carbonyl (C=O) groups is 2. The summed E-state index contributed by atoms with van der Waals surface area (Å²) >= 11 is 0. The number of aliphatic hydroxyl groups is 4. The Hall–Kier alpha value is -4.42. The molecule has 2 unspecified atom stereocenters. The number of ether oxygens (including phenoxy) is 4. The number of benzene rings is 4. The second-order valence-corrected chi connectivity index (χ2v) is 11.7. The molecule has 0 spiro atoms. The average Bonchev–Trinajstić information content (AvgIpc) is 3.12. The Labute approximate surface area is 287 Å². The molecule has 10 heteroatoms. The molecule has 0 bridgehead atoms. The molecule has 0 aliphatic rings. The van der Waals surface area contributed by atoms with E-state index < -0.39 is 22.8 Å². The van der Waals surface area contributed by atoms with Crippen LogP contribution >= 0.6 is 0 Å². The van der Waals surface area contributed by atoms with Crippen molar-refractivity contribution in [2.45, 2.75) is 43.7 Å². The van der Waals surface area contributed by atoms with Crippen LogP contribution in [0.3, 0.4) is 0 Å². The molecular weight excluding hydrogens is 628 g/mol. The smallest absolute Gasteiger partial charge is 0.260 e. The fourth-order valence-electron chi connectivity index (χ4n) is 5.34. The minimum atomic E-state index is -1.76. The summed E-state index contributed by atoms with van der Waals surface area (Å²) in [5.41, 5.74) is -0.872. The Morgan fingerprint density at radius 2 is 0.980 bits per heavy atom. The maximum absolute atomic E-state index is 12.9. The van der Waals surface area contributed by atoms with Crippen LogP contribution in [-0.2, 0) is 32.9 Å². The number of ketones is 2. The van der Waals surface area contributed by atoms with Gasteiger partial charge in [0.05, 0.1) is 13.2 Å². The summed E-state index contributed by atoms with van der Waals surface area (Å²) in [6, 6.07) is 31.9. The fourth-order valence-corrected chi connectivity index (χ4v) is 5.34. The van der Waals surface area contributed by atoms with Crippen LogP contribution in [0.25, 0.3) is 0 Å². The molecule has 4 N–H and O–H groups in total. The molecule has 262 valence electrons. The molecular formula is C39H46O10.